The van der Waals surface area contributed by atoms with Gasteiger partial charge >= 0.3 is 27.3 Å². The SMILES string of the molecule is O=C([O-])CCCCC(S)CCS.O=C([O-])CCCCC(S)CCS.[Pb+2]. The van der Waals surface area contributed by atoms with Crippen LogP contribution in [-0.4, -0.2) is 61.2 Å². The van der Waals surface area contributed by atoms with Gasteiger partial charge in [0.2, 0.25) is 0 Å². The van der Waals surface area contributed by atoms with Crippen LogP contribution in [0.15, 0.2) is 0 Å². The van der Waals surface area contributed by atoms with Gasteiger partial charge < -0.3 is 19.8 Å². The Morgan fingerprint density at radius 1 is 0.680 bits per heavy atom. The van der Waals surface area contributed by atoms with Crippen LogP contribution >= 0.6 is 50.5 Å². The molecule has 0 aliphatic carbocycles. The average molecular weight is 622 g/mol. The molecule has 0 aliphatic rings. The molecule has 0 aromatic heterocycles. The molecule has 0 bridgehead atoms. The van der Waals surface area contributed by atoms with Gasteiger partial charge in [-0.3, -0.25) is 0 Å². The summed E-state index contributed by atoms with van der Waals surface area (Å²) < 4.78 is 0. The average Bonchev–Trinajstić information content (AvgIpc) is 2.49. The van der Waals surface area contributed by atoms with Gasteiger partial charge in [-0.05, 0) is 62.9 Å². The van der Waals surface area contributed by atoms with Crippen molar-refractivity contribution in [3.05, 3.63) is 0 Å². The van der Waals surface area contributed by atoms with Gasteiger partial charge in [0.25, 0.3) is 0 Å². The second-order valence-electron chi connectivity index (χ2n) is 5.57. The first-order valence-electron chi connectivity index (χ1n) is 8.31. The zero-order valence-corrected chi connectivity index (χ0v) is 22.0. The minimum atomic E-state index is -0.958. The van der Waals surface area contributed by atoms with Crippen molar-refractivity contribution in [2.45, 2.75) is 74.7 Å². The van der Waals surface area contributed by atoms with Crippen LogP contribution in [0.3, 0.4) is 0 Å². The summed E-state index contributed by atoms with van der Waals surface area (Å²) in [7, 11) is 0. The van der Waals surface area contributed by atoms with Crippen LogP contribution in [0.25, 0.3) is 0 Å². The Morgan fingerprint density at radius 2 is 1.00 bits per heavy atom. The second kappa shape index (κ2) is 23.3. The molecule has 0 aliphatic heterocycles. The first kappa shape index (κ1) is 31.0. The summed E-state index contributed by atoms with van der Waals surface area (Å²) in [4.78, 5) is 20.1. The van der Waals surface area contributed by atoms with E-state index in [-0.39, 0.29) is 40.1 Å². The maximum absolute atomic E-state index is 10.0. The molecule has 9 heteroatoms. The Kier molecular flexibility index (Phi) is 28.9. The van der Waals surface area contributed by atoms with Crippen molar-refractivity contribution in [2.75, 3.05) is 11.5 Å². The van der Waals surface area contributed by atoms with Gasteiger partial charge in [0.1, 0.15) is 0 Å². The number of hydrogen-bond donors (Lipinski definition) is 4. The van der Waals surface area contributed by atoms with Crippen molar-refractivity contribution in [3.8, 4) is 0 Å². The largest absolute Gasteiger partial charge is 2.00 e. The summed E-state index contributed by atoms with van der Waals surface area (Å²) in [6.45, 7) is 0. The van der Waals surface area contributed by atoms with Crippen LogP contribution in [0.1, 0.15) is 64.2 Å². The monoisotopic (exact) mass is 622 g/mol. The van der Waals surface area contributed by atoms with Crippen molar-refractivity contribution in [2.24, 2.45) is 0 Å². The quantitative estimate of drug-likeness (QED) is 0.135. The van der Waals surface area contributed by atoms with Crippen LogP contribution in [-0.2, 0) is 9.59 Å². The normalized spacial score (nSPS) is 12.3. The molecule has 4 nitrogen and oxygen atoms in total. The van der Waals surface area contributed by atoms with E-state index in [4.69, 9.17) is 0 Å². The van der Waals surface area contributed by atoms with E-state index < -0.39 is 11.9 Å². The Labute approximate surface area is 194 Å². The molecule has 2 atom stereocenters. The summed E-state index contributed by atoms with van der Waals surface area (Å²) in [6, 6.07) is 0. The Bertz CT molecular complexity index is 293. The topological polar surface area (TPSA) is 80.3 Å². The van der Waals surface area contributed by atoms with E-state index >= 15 is 0 Å². The first-order chi connectivity index (χ1) is 11.3. The van der Waals surface area contributed by atoms with E-state index in [1.165, 1.54) is 0 Å². The summed E-state index contributed by atoms with van der Waals surface area (Å²) in [5.41, 5.74) is 0. The van der Waals surface area contributed by atoms with Crippen LogP contribution in [0.4, 0.5) is 0 Å². The van der Waals surface area contributed by atoms with E-state index in [1.807, 2.05) is 0 Å². The molecule has 0 rings (SSSR count). The van der Waals surface area contributed by atoms with Crippen LogP contribution in [0, 0.1) is 0 Å². The van der Waals surface area contributed by atoms with Gasteiger partial charge in [0.05, 0.1) is 0 Å². The van der Waals surface area contributed by atoms with Gasteiger partial charge in [0, 0.05) is 22.4 Å². The van der Waals surface area contributed by atoms with E-state index in [0.717, 1.165) is 50.0 Å². The van der Waals surface area contributed by atoms with Crippen molar-refractivity contribution >= 4 is 89.8 Å². The third-order valence-electron chi connectivity index (χ3n) is 3.26. The van der Waals surface area contributed by atoms with Gasteiger partial charge in [0.15, 0.2) is 0 Å². The Hall–Kier alpha value is 1.26. The summed E-state index contributed by atoms with van der Waals surface area (Å²) in [6.07, 6.45) is 7.47. The second-order valence-corrected chi connectivity index (χ2v) is 7.92. The number of hydrogen-bond acceptors (Lipinski definition) is 8. The number of carbonyl (C=O) groups excluding carboxylic acids is 2. The summed E-state index contributed by atoms with van der Waals surface area (Å²) in [5.74, 6) is -0.233. The first-order valence-corrected chi connectivity index (χ1v) is 10.6. The number of carboxylic acid groups (broad SMARTS) is 2. The standard InChI is InChI=1S/2C8H16O2S2.Pb/c2*9-8(10)4-2-1-3-7(12)5-6-11;/h2*7,11-12H,1-6H2,(H,9,10);/q;;+2/p-2. The van der Waals surface area contributed by atoms with Crippen molar-refractivity contribution in [3.63, 3.8) is 0 Å². The van der Waals surface area contributed by atoms with Gasteiger partial charge in [-0.1, -0.05) is 12.8 Å². The minimum Gasteiger partial charge on any atom is -0.550 e. The van der Waals surface area contributed by atoms with E-state index in [9.17, 15) is 19.8 Å². The number of rotatable bonds is 14. The number of carbonyl (C=O) groups is 2. The molecule has 0 saturated carbocycles. The van der Waals surface area contributed by atoms with Gasteiger partial charge in [-0.2, -0.15) is 50.5 Å². The van der Waals surface area contributed by atoms with Gasteiger partial charge in [-0.25, -0.2) is 0 Å². The van der Waals surface area contributed by atoms with Crippen LogP contribution in [0.2, 0.25) is 0 Å². The summed E-state index contributed by atoms with van der Waals surface area (Å²) >= 11 is 16.8. The molecule has 0 spiro atoms. The number of carboxylic acids is 2. The van der Waals surface area contributed by atoms with Gasteiger partial charge in [-0.15, -0.1) is 0 Å². The fourth-order valence-electron chi connectivity index (χ4n) is 1.89. The molecule has 2 radical (unpaired) electrons. The molecular formula is C16H30O4PbS4. The molecule has 146 valence electrons. The molecule has 0 amide bonds. The van der Waals surface area contributed by atoms with E-state index in [0.29, 0.717) is 23.3 Å². The Balaban J connectivity index is -0.000000372. The van der Waals surface area contributed by atoms with E-state index in [2.05, 4.69) is 50.5 Å². The number of unbranched alkanes of at least 4 members (excludes halogenated alkanes) is 2. The predicted octanol–water partition coefficient (Wildman–Crippen LogP) is 1.45. The predicted molar refractivity (Wildman–Crippen MR) is 115 cm³/mol. The molecule has 0 aromatic carbocycles. The fraction of sp³-hybridized carbons (Fsp3) is 0.875. The molecule has 0 N–H and O–H groups in total. The third kappa shape index (κ3) is 30.2. The van der Waals surface area contributed by atoms with Crippen LogP contribution in [0.5, 0.6) is 0 Å². The molecule has 0 aromatic rings. The maximum atomic E-state index is 10.0. The minimum absolute atomic E-state index is 0. The smallest absolute Gasteiger partial charge is 0.550 e. The molecule has 2 unspecified atom stereocenters. The molecule has 0 heterocycles. The zero-order valence-electron chi connectivity index (χ0n) is 14.6. The number of thiol groups is 4. The molecule has 25 heavy (non-hydrogen) atoms. The molecular weight excluding hydrogens is 592 g/mol. The number of aliphatic carboxylic acids is 2. The van der Waals surface area contributed by atoms with E-state index in [1.54, 1.807) is 0 Å². The fourth-order valence-corrected chi connectivity index (χ4v) is 3.54. The zero-order chi connectivity index (χ0) is 18.8. The summed E-state index contributed by atoms with van der Waals surface area (Å²) in [5, 5.41) is 20.8. The Morgan fingerprint density at radius 3 is 1.24 bits per heavy atom. The molecule has 0 saturated heterocycles. The van der Waals surface area contributed by atoms with Crippen molar-refractivity contribution in [1.29, 1.82) is 0 Å². The third-order valence-corrected chi connectivity index (χ3v) is 4.81. The maximum Gasteiger partial charge on any atom is 2.00 e. The van der Waals surface area contributed by atoms with Crippen molar-refractivity contribution in [1.82, 2.24) is 0 Å². The molecule has 0 fully saturated rings. The van der Waals surface area contributed by atoms with Crippen LogP contribution < -0.4 is 10.2 Å². The van der Waals surface area contributed by atoms with Crippen molar-refractivity contribution < 1.29 is 19.8 Å².